The van der Waals surface area contributed by atoms with Crippen molar-refractivity contribution < 1.29 is 59.2 Å². The molecule has 2 bridgehead atoms. The second-order valence-corrected chi connectivity index (χ2v) is 9.96. The number of hydrogen-bond acceptors (Lipinski definition) is 11. The lowest BCUT2D eigenvalue weighted by Gasteiger charge is -2.59. The number of carbonyl (C=O) groups excluding carboxylic acids is 1. The van der Waals surface area contributed by atoms with E-state index in [-0.39, 0.29) is 18.6 Å². The number of carbonyl (C=O) groups is 2. The minimum absolute atomic E-state index is 0.141. The molecule has 2 aliphatic carbocycles. The van der Waals surface area contributed by atoms with Gasteiger partial charge in [0, 0.05) is 5.41 Å². The molecule has 184 valence electrons. The third-order valence-corrected chi connectivity index (χ3v) is 8.47. The molecule has 0 aromatic rings. The minimum atomic E-state index is -1.89. The van der Waals surface area contributed by atoms with Crippen LogP contribution in [0.25, 0.3) is 0 Å². The molecule has 12 nitrogen and oxygen atoms in total. The van der Waals surface area contributed by atoms with E-state index in [4.69, 9.17) is 18.9 Å². The van der Waals surface area contributed by atoms with Gasteiger partial charge in [-0.3, -0.25) is 4.79 Å². The number of hydrogen-bond donors (Lipinski definition) is 6. The van der Waals surface area contributed by atoms with Gasteiger partial charge >= 0.3 is 5.97 Å². The molecular formula is C21H28O12. The average Bonchev–Trinajstić information content (AvgIpc) is 3.53. The van der Waals surface area contributed by atoms with E-state index in [0.29, 0.717) is 0 Å². The van der Waals surface area contributed by atoms with E-state index in [1.165, 1.54) is 0 Å². The molecule has 12 unspecified atom stereocenters. The van der Waals surface area contributed by atoms with Crippen LogP contribution in [0.2, 0.25) is 0 Å². The predicted molar refractivity (Wildman–Crippen MR) is 104 cm³/mol. The zero-order chi connectivity index (χ0) is 24.1. The van der Waals surface area contributed by atoms with Crippen molar-refractivity contribution in [3.8, 4) is 0 Å². The number of aliphatic hydroxyl groups excluding tert-OH is 5. The van der Waals surface area contributed by atoms with E-state index in [1.807, 2.05) is 0 Å². The average molecular weight is 472 g/mol. The first-order valence-corrected chi connectivity index (χ1v) is 10.8. The number of aliphatic hydroxyl groups is 5. The molecule has 0 amide bonds. The smallest absolute Gasteiger partial charge is 0.335 e. The molecule has 0 aromatic carbocycles. The molecule has 33 heavy (non-hydrogen) atoms. The molecule has 0 radical (unpaired) electrons. The second-order valence-electron chi connectivity index (χ2n) is 9.96. The molecule has 3 saturated heterocycles. The maximum atomic E-state index is 12.9. The van der Waals surface area contributed by atoms with Gasteiger partial charge in [0.15, 0.2) is 18.2 Å². The molecule has 0 aromatic heterocycles. The van der Waals surface area contributed by atoms with Crippen molar-refractivity contribution in [2.45, 2.75) is 81.0 Å². The van der Waals surface area contributed by atoms with Gasteiger partial charge in [0.1, 0.15) is 36.1 Å². The first kappa shape index (κ1) is 23.3. The summed E-state index contributed by atoms with van der Waals surface area (Å²) in [5.74, 6) is -2.12. The number of ketones is 1. The van der Waals surface area contributed by atoms with E-state index in [1.54, 1.807) is 19.9 Å². The zero-order valence-corrected chi connectivity index (χ0v) is 18.0. The molecule has 6 N–H and O–H groups in total. The van der Waals surface area contributed by atoms with Gasteiger partial charge in [-0.2, -0.15) is 0 Å². The standard InChI is InChI=1S/C21H28O12/c1-7-3-9-20(15(27)10(7)23,19(2)4-8(22)16(32-9)21(19)6-31-21)5-30-18-13(26)11(24)12(25)14(33-18)17(28)29/h3,8-9,11-16,18,22,24-27H,4-6H2,1-2H3,(H,28,29). The van der Waals surface area contributed by atoms with E-state index >= 15 is 0 Å². The molecule has 3 aliphatic heterocycles. The molecule has 1 spiro atoms. The van der Waals surface area contributed by atoms with E-state index in [2.05, 4.69) is 0 Å². The van der Waals surface area contributed by atoms with Gasteiger partial charge in [-0.25, -0.2) is 4.79 Å². The molecule has 1 saturated carbocycles. The molecule has 12 atom stereocenters. The number of carboxylic acid groups (broad SMARTS) is 1. The fraction of sp³-hybridized carbons (Fsp3) is 0.810. The number of Topliss-reactive ketones (excluding diaryl/α,β-unsaturated/α-hetero) is 1. The summed E-state index contributed by atoms with van der Waals surface area (Å²) < 4.78 is 22.9. The van der Waals surface area contributed by atoms with Crippen LogP contribution in [-0.2, 0) is 28.5 Å². The Hall–Kier alpha value is -1.48. The van der Waals surface area contributed by atoms with Crippen LogP contribution < -0.4 is 0 Å². The van der Waals surface area contributed by atoms with Crippen molar-refractivity contribution >= 4 is 11.8 Å². The van der Waals surface area contributed by atoms with E-state index in [0.717, 1.165) is 0 Å². The predicted octanol–water partition coefficient (Wildman–Crippen LogP) is -2.92. The third kappa shape index (κ3) is 2.78. The summed E-state index contributed by atoms with van der Waals surface area (Å²) in [6.07, 6.45) is -11.5. The van der Waals surface area contributed by atoms with Crippen molar-refractivity contribution in [2.24, 2.45) is 10.8 Å². The Labute approximate surface area is 188 Å². The minimum Gasteiger partial charge on any atom is -0.479 e. The van der Waals surface area contributed by atoms with Crippen molar-refractivity contribution in [2.75, 3.05) is 13.2 Å². The van der Waals surface area contributed by atoms with Gasteiger partial charge in [0.05, 0.1) is 30.8 Å². The molecule has 5 aliphatic rings. The van der Waals surface area contributed by atoms with Crippen LogP contribution in [-0.4, -0.2) is 116 Å². The van der Waals surface area contributed by atoms with Gasteiger partial charge < -0.3 is 49.6 Å². The monoisotopic (exact) mass is 472 g/mol. The van der Waals surface area contributed by atoms with Gasteiger partial charge in [-0.15, -0.1) is 0 Å². The maximum absolute atomic E-state index is 12.9. The first-order valence-electron chi connectivity index (χ1n) is 10.8. The summed E-state index contributed by atoms with van der Waals surface area (Å²) in [5, 5.41) is 61.6. The Kier molecular flexibility index (Phi) is 5.12. The summed E-state index contributed by atoms with van der Waals surface area (Å²) in [7, 11) is 0. The first-order chi connectivity index (χ1) is 15.4. The normalized spacial score (nSPS) is 55.3. The Morgan fingerprint density at radius 3 is 2.42 bits per heavy atom. The summed E-state index contributed by atoms with van der Waals surface area (Å²) in [4.78, 5) is 24.3. The van der Waals surface area contributed by atoms with Crippen LogP contribution in [0.4, 0.5) is 0 Å². The van der Waals surface area contributed by atoms with Crippen LogP contribution in [0.1, 0.15) is 20.3 Å². The highest BCUT2D eigenvalue weighted by molar-refractivity contribution is 6.00. The molecular weight excluding hydrogens is 444 g/mol. The lowest BCUT2D eigenvalue weighted by atomic mass is 9.50. The third-order valence-electron chi connectivity index (χ3n) is 8.47. The van der Waals surface area contributed by atoms with Gasteiger partial charge in [-0.1, -0.05) is 6.92 Å². The second kappa shape index (κ2) is 7.26. The van der Waals surface area contributed by atoms with Crippen molar-refractivity contribution in [3.05, 3.63) is 11.6 Å². The number of rotatable bonds is 4. The van der Waals surface area contributed by atoms with Crippen molar-refractivity contribution in [1.29, 1.82) is 0 Å². The fourth-order valence-electron chi connectivity index (χ4n) is 6.40. The number of fused-ring (bicyclic) bond motifs is 2. The van der Waals surface area contributed by atoms with Crippen molar-refractivity contribution in [1.82, 2.24) is 0 Å². The van der Waals surface area contributed by atoms with Gasteiger partial charge in [-0.05, 0) is 25.0 Å². The highest BCUT2D eigenvalue weighted by Crippen LogP contribution is 2.71. The summed E-state index contributed by atoms with van der Waals surface area (Å²) in [6.45, 7) is 3.12. The topological polar surface area (TPSA) is 196 Å². The molecule has 4 fully saturated rings. The highest BCUT2D eigenvalue weighted by atomic mass is 16.7. The Bertz CT molecular complexity index is 900. The van der Waals surface area contributed by atoms with E-state index < -0.39 is 89.9 Å². The fourth-order valence-corrected chi connectivity index (χ4v) is 6.40. The lowest BCUT2D eigenvalue weighted by Crippen LogP contribution is -2.71. The molecule has 5 rings (SSSR count). The SMILES string of the molecule is CC1=CC2OC3C(O)CC(C)(C34CO4)C2(COC2OC(C(=O)O)C(O)C(O)C2O)C(O)C1=O. The summed E-state index contributed by atoms with van der Waals surface area (Å²) in [6, 6.07) is 0. The summed E-state index contributed by atoms with van der Waals surface area (Å²) in [5.41, 5.74) is -3.13. The largest absolute Gasteiger partial charge is 0.479 e. The maximum Gasteiger partial charge on any atom is 0.335 e. The number of ether oxygens (including phenoxy) is 4. The summed E-state index contributed by atoms with van der Waals surface area (Å²) >= 11 is 0. The van der Waals surface area contributed by atoms with E-state index in [9.17, 15) is 40.2 Å². The van der Waals surface area contributed by atoms with Crippen LogP contribution >= 0.6 is 0 Å². The molecule has 12 heteroatoms. The zero-order valence-electron chi connectivity index (χ0n) is 18.0. The quantitative estimate of drug-likeness (QED) is 0.228. The number of aliphatic carboxylic acids is 1. The van der Waals surface area contributed by atoms with Crippen LogP contribution in [0.3, 0.4) is 0 Å². The Balaban J connectivity index is 1.52. The Morgan fingerprint density at radius 2 is 1.82 bits per heavy atom. The number of epoxide rings is 1. The highest BCUT2D eigenvalue weighted by Gasteiger charge is 2.83. The van der Waals surface area contributed by atoms with Gasteiger partial charge in [0.2, 0.25) is 0 Å². The Morgan fingerprint density at radius 1 is 1.15 bits per heavy atom. The van der Waals surface area contributed by atoms with Crippen LogP contribution in [0.5, 0.6) is 0 Å². The van der Waals surface area contributed by atoms with Crippen LogP contribution in [0, 0.1) is 10.8 Å². The molecule has 3 heterocycles. The number of carboxylic acids is 1. The van der Waals surface area contributed by atoms with Crippen LogP contribution in [0.15, 0.2) is 11.6 Å². The van der Waals surface area contributed by atoms with Gasteiger partial charge in [0.25, 0.3) is 0 Å². The lowest BCUT2D eigenvalue weighted by molar-refractivity contribution is -0.318. The van der Waals surface area contributed by atoms with Crippen molar-refractivity contribution in [3.63, 3.8) is 0 Å².